The first-order valence-corrected chi connectivity index (χ1v) is 6.44. The van der Waals surface area contributed by atoms with Crippen molar-refractivity contribution in [2.45, 2.75) is 6.10 Å². The third-order valence-electron chi connectivity index (χ3n) is 2.80. The van der Waals surface area contributed by atoms with Crippen molar-refractivity contribution in [3.8, 4) is 0 Å². The van der Waals surface area contributed by atoms with Crippen LogP contribution < -0.4 is 10.2 Å². The summed E-state index contributed by atoms with van der Waals surface area (Å²) in [5, 5.41) is 3.26. The van der Waals surface area contributed by atoms with Gasteiger partial charge in [0.05, 0.1) is 18.4 Å². The average molecular weight is 303 g/mol. The number of halogens is 2. The molecule has 1 atom stereocenters. The van der Waals surface area contributed by atoms with Crippen LogP contribution in [0.25, 0.3) is 0 Å². The maximum absolute atomic E-state index is 13.7. The number of morpholine rings is 1. The van der Waals surface area contributed by atoms with Crippen LogP contribution in [-0.4, -0.2) is 39.4 Å². The lowest BCUT2D eigenvalue weighted by molar-refractivity contribution is 0.0339. The molecule has 1 N–H and O–H groups in total. The van der Waals surface area contributed by atoms with Crippen LogP contribution in [0.4, 0.5) is 10.1 Å². The third-order valence-corrected chi connectivity index (χ3v) is 3.29. The summed E-state index contributed by atoms with van der Waals surface area (Å²) < 4.78 is 20.1. The van der Waals surface area contributed by atoms with Crippen molar-refractivity contribution in [2.75, 3.05) is 38.2 Å². The number of anilines is 1. The Labute approximate surface area is 109 Å². The summed E-state index contributed by atoms with van der Waals surface area (Å²) in [7, 11) is 1.88. The van der Waals surface area contributed by atoms with Crippen LogP contribution in [0.1, 0.15) is 0 Å². The molecule has 1 heterocycles. The molecular weight excluding hydrogens is 287 g/mol. The van der Waals surface area contributed by atoms with Gasteiger partial charge in [0.15, 0.2) is 0 Å². The molecule has 3 nitrogen and oxygen atoms in total. The van der Waals surface area contributed by atoms with Crippen LogP contribution in [0.3, 0.4) is 0 Å². The molecule has 1 aromatic carbocycles. The number of benzene rings is 1. The maximum Gasteiger partial charge on any atom is 0.146 e. The topological polar surface area (TPSA) is 24.5 Å². The summed E-state index contributed by atoms with van der Waals surface area (Å²) in [5.74, 6) is -0.209. The highest BCUT2D eigenvalue weighted by molar-refractivity contribution is 9.10. The predicted octanol–water partition coefficient (Wildman–Crippen LogP) is 2.01. The van der Waals surface area contributed by atoms with Gasteiger partial charge in [-0.25, -0.2) is 4.39 Å². The number of likely N-dealkylation sites (N-methyl/N-ethyl adjacent to an activating group) is 1. The Hall–Kier alpha value is -0.650. The van der Waals surface area contributed by atoms with Gasteiger partial charge in [0.1, 0.15) is 5.82 Å². The Bertz CT molecular complexity index is 383. The normalized spacial score (nSPS) is 20.3. The lowest BCUT2D eigenvalue weighted by Gasteiger charge is -2.29. The molecule has 0 aromatic heterocycles. The van der Waals surface area contributed by atoms with Gasteiger partial charge in [-0.15, -0.1) is 0 Å². The van der Waals surface area contributed by atoms with Crippen molar-refractivity contribution in [2.24, 2.45) is 0 Å². The van der Waals surface area contributed by atoms with Gasteiger partial charge in [0, 0.05) is 31.2 Å². The third kappa shape index (κ3) is 3.40. The Kier molecular flexibility index (Phi) is 4.36. The van der Waals surface area contributed by atoms with E-state index in [4.69, 9.17) is 4.74 Å². The second kappa shape index (κ2) is 5.80. The van der Waals surface area contributed by atoms with Crippen molar-refractivity contribution in [1.29, 1.82) is 0 Å². The highest BCUT2D eigenvalue weighted by Crippen LogP contribution is 2.23. The summed E-state index contributed by atoms with van der Waals surface area (Å²) >= 11 is 3.35. The summed E-state index contributed by atoms with van der Waals surface area (Å²) in [6.07, 6.45) is 0.118. The number of ether oxygens (including phenoxy) is 1. The average Bonchev–Trinajstić information content (AvgIpc) is 2.33. The standard InChI is InChI=1S/C12H16BrFN2O/c1-16(8-10-7-15-4-5-17-10)12-6-9(13)2-3-11(12)14/h2-3,6,10,15H,4-5,7-8H2,1H3. The zero-order valence-electron chi connectivity index (χ0n) is 9.75. The molecule has 5 heteroatoms. The van der Waals surface area contributed by atoms with Crippen LogP contribution in [0.15, 0.2) is 22.7 Å². The van der Waals surface area contributed by atoms with Crippen molar-refractivity contribution >= 4 is 21.6 Å². The molecule has 1 aliphatic rings. The zero-order valence-corrected chi connectivity index (χ0v) is 11.3. The van der Waals surface area contributed by atoms with Gasteiger partial charge in [0.25, 0.3) is 0 Å². The van der Waals surface area contributed by atoms with Gasteiger partial charge >= 0.3 is 0 Å². The summed E-state index contributed by atoms with van der Waals surface area (Å²) in [6, 6.07) is 4.95. The van der Waals surface area contributed by atoms with Gasteiger partial charge in [-0.3, -0.25) is 0 Å². The minimum atomic E-state index is -0.209. The van der Waals surface area contributed by atoms with Crippen LogP contribution >= 0.6 is 15.9 Å². The minimum absolute atomic E-state index is 0.118. The lowest BCUT2D eigenvalue weighted by Crippen LogP contribution is -2.44. The van der Waals surface area contributed by atoms with Gasteiger partial charge in [-0.2, -0.15) is 0 Å². The van der Waals surface area contributed by atoms with Crippen molar-refractivity contribution < 1.29 is 9.13 Å². The van der Waals surface area contributed by atoms with E-state index in [1.165, 1.54) is 6.07 Å². The quantitative estimate of drug-likeness (QED) is 0.924. The fourth-order valence-corrected chi connectivity index (χ4v) is 2.27. The Morgan fingerprint density at radius 2 is 2.41 bits per heavy atom. The first-order valence-electron chi connectivity index (χ1n) is 5.65. The summed E-state index contributed by atoms with van der Waals surface area (Å²) in [4.78, 5) is 1.89. The molecule has 2 rings (SSSR count). The molecule has 1 aliphatic heterocycles. The molecule has 1 saturated heterocycles. The van der Waals surface area contributed by atoms with Gasteiger partial charge in [-0.1, -0.05) is 15.9 Å². The number of nitrogens with zero attached hydrogens (tertiary/aromatic N) is 1. The molecule has 1 fully saturated rings. The van der Waals surface area contributed by atoms with E-state index >= 15 is 0 Å². The molecule has 94 valence electrons. The Morgan fingerprint density at radius 1 is 1.59 bits per heavy atom. The minimum Gasteiger partial charge on any atom is -0.374 e. The summed E-state index contributed by atoms with van der Waals surface area (Å²) in [6.45, 7) is 3.12. The van der Waals surface area contributed by atoms with Crippen LogP contribution in [0, 0.1) is 5.82 Å². The van der Waals surface area contributed by atoms with Crippen LogP contribution in [-0.2, 0) is 4.74 Å². The lowest BCUT2D eigenvalue weighted by atomic mass is 10.2. The summed E-state index contributed by atoms with van der Waals surface area (Å²) in [5.41, 5.74) is 0.591. The van der Waals surface area contributed by atoms with Gasteiger partial charge in [-0.05, 0) is 18.2 Å². The highest BCUT2D eigenvalue weighted by atomic mass is 79.9. The molecule has 0 radical (unpaired) electrons. The Balaban J connectivity index is 2.02. The molecule has 0 saturated carbocycles. The molecule has 0 bridgehead atoms. The number of hydrogen-bond acceptors (Lipinski definition) is 3. The number of rotatable bonds is 3. The first kappa shape index (κ1) is 12.8. The van der Waals surface area contributed by atoms with E-state index in [0.717, 1.165) is 24.2 Å². The van der Waals surface area contributed by atoms with Crippen LogP contribution in [0.5, 0.6) is 0 Å². The molecule has 1 unspecified atom stereocenters. The molecule has 0 amide bonds. The molecule has 1 aromatic rings. The van der Waals surface area contributed by atoms with E-state index < -0.39 is 0 Å². The van der Waals surface area contributed by atoms with Gasteiger partial charge in [0.2, 0.25) is 0 Å². The smallest absolute Gasteiger partial charge is 0.146 e. The van der Waals surface area contributed by atoms with E-state index in [2.05, 4.69) is 21.2 Å². The maximum atomic E-state index is 13.7. The molecule has 0 spiro atoms. The number of hydrogen-bond donors (Lipinski definition) is 1. The van der Waals surface area contributed by atoms with E-state index in [-0.39, 0.29) is 11.9 Å². The molecule has 17 heavy (non-hydrogen) atoms. The highest BCUT2D eigenvalue weighted by Gasteiger charge is 2.17. The fraction of sp³-hybridized carbons (Fsp3) is 0.500. The molecule has 0 aliphatic carbocycles. The van der Waals surface area contributed by atoms with Crippen molar-refractivity contribution in [3.63, 3.8) is 0 Å². The van der Waals surface area contributed by atoms with Crippen LogP contribution in [0.2, 0.25) is 0 Å². The molecular formula is C12H16BrFN2O. The van der Waals surface area contributed by atoms with E-state index in [1.54, 1.807) is 12.1 Å². The fourth-order valence-electron chi connectivity index (χ4n) is 1.92. The second-order valence-electron chi connectivity index (χ2n) is 4.17. The van der Waals surface area contributed by atoms with E-state index in [9.17, 15) is 4.39 Å². The predicted molar refractivity (Wildman–Crippen MR) is 70.0 cm³/mol. The van der Waals surface area contributed by atoms with E-state index in [1.807, 2.05) is 11.9 Å². The van der Waals surface area contributed by atoms with Crippen molar-refractivity contribution in [3.05, 3.63) is 28.5 Å². The Morgan fingerprint density at radius 3 is 3.12 bits per heavy atom. The monoisotopic (exact) mass is 302 g/mol. The second-order valence-corrected chi connectivity index (χ2v) is 5.09. The zero-order chi connectivity index (χ0) is 12.3. The van der Waals surface area contributed by atoms with Gasteiger partial charge < -0.3 is 15.0 Å². The number of nitrogens with one attached hydrogen (secondary N) is 1. The SMILES string of the molecule is CN(CC1CNCCO1)c1cc(Br)ccc1F. The van der Waals surface area contributed by atoms with E-state index in [0.29, 0.717) is 12.2 Å². The largest absolute Gasteiger partial charge is 0.374 e. The first-order chi connectivity index (χ1) is 8.16. The van der Waals surface area contributed by atoms with Crippen molar-refractivity contribution in [1.82, 2.24) is 5.32 Å².